The van der Waals surface area contributed by atoms with E-state index in [1.165, 1.54) is 42.6 Å². The van der Waals surface area contributed by atoms with Gasteiger partial charge in [-0.1, -0.05) is 176 Å². The van der Waals surface area contributed by atoms with Gasteiger partial charge in [-0.05, 0) is 90.8 Å². The Balaban J connectivity index is 1.11. The minimum atomic E-state index is -2.75. The molecule has 5 heteroatoms. The molecule has 10 aromatic rings. The lowest BCUT2D eigenvalue weighted by Crippen LogP contribution is -2.75. The van der Waals surface area contributed by atoms with E-state index in [0.717, 1.165) is 55.3 Å². The quantitative estimate of drug-likeness (QED) is 0.0967. The number of fused-ring (bicyclic) bond motifs is 5. The SMILES string of the molecule is Sc1ccccc1-c1cc(-c2ccccc2-n2c3ccccc3c3ccccc32)cc2c1[B]c1cc([Si](c3ccccc3)(c3ccccc3)c3ccccc3)ccc1O2. The van der Waals surface area contributed by atoms with Crippen LogP contribution in [0.15, 0.2) is 223 Å². The second-order valence-electron chi connectivity index (χ2n) is 15.2. The Morgan fingerprint density at radius 1 is 0.424 bits per heavy atom. The summed E-state index contributed by atoms with van der Waals surface area (Å²) in [5.41, 5.74) is 9.90. The van der Waals surface area contributed by atoms with Crippen molar-refractivity contribution in [1.82, 2.24) is 4.57 Å². The maximum absolute atomic E-state index is 7.05. The number of thiol groups is 1. The summed E-state index contributed by atoms with van der Waals surface area (Å²) in [6.07, 6.45) is 0. The summed E-state index contributed by atoms with van der Waals surface area (Å²) in [6, 6.07) is 79.1. The van der Waals surface area contributed by atoms with Gasteiger partial charge in [0.1, 0.15) is 11.5 Å². The molecule has 11 rings (SSSR count). The zero-order chi connectivity index (χ0) is 39.3. The van der Waals surface area contributed by atoms with Crippen molar-refractivity contribution in [2.75, 3.05) is 0 Å². The summed E-state index contributed by atoms with van der Waals surface area (Å²) in [5, 5.41) is 7.79. The molecule has 9 aromatic carbocycles. The van der Waals surface area contributed by atoms with E-state index >= 15 is 0 Å². The fraction of sp³-hybridized carbons (Fsp3) is 0. The van der Waals surface area contributed by atoms with Crippen LogP contribution in [-0.4, -0.2) is 19.9 Å². The van der Waals surface area contributed by atoms with Crippen LogP contribution in [0, 0.1) is 0 Å². The van der Waals surface area contributed by atoms with Crippen molar-refractivity contribution < 1.29 is 4.74 Å². The largest absolute Gasteiger partial charge is 0.458 e. The van der Waals surface area contributed by atoms with Gasteiger partial charge in [0.25, 0.3) is 0 Å². The summed E-state index contributed by atoms with van der Waals surface area (Å²) in [7, 11) is -0.423. The summed E-state index contributed by atoms with van der Waals surface area (Å²) >= 11 is 5.03. The molecule has 0 amide bonds. The van der Waals surface area contributed by atoms with Crippen molar-refractivity contribution in [3.05, 3.63) is 218 Å². The third-order valence-electron chi connectivity index (χ3n) is 12.0. The Hall–Kier alpha value is -6.79. The Bertz CT molecular complexity index is 3030. The molecule has 0 aliphatic carbocycles. The zero-order valence-electron chi connectivity index (χ0n) is 32.2. The van der Waals surface area contributed by atoms with Crippen LogP contribution in [0.5, 0.6) is 11.5 Å². The predicted molar refractivity (Wildman–Crippen MR) is 254 cm³/mol. The summed E-state index contributed by atoms with van der Waals surface area (Å²) in [4.78, 5) is 0.916. The first kappa shape index (κ1) is 35.4. The maximum Gasteiger partial charge on any atom is 0.202 e. The first-order valence-electron chi connectivity index (χ1n) is 20.1. The van der Waals surface area contributed by atoms with Gasteiger partial charge < -0.3 is 9.30 Å². The highest BCUT2D eigenvalue weighted by Crippen LogP contribution is 2.40. The van der Waals surface area contributed by atoms with Crippen molar-refractivity contribution in [2.45, 2.75) is 4.90 Å². The van der Waals surface area contributed by atoms with Crippen molar-refractivity contribution in [2.24, 2.45) is 0 Å². The van der Waals surface area contributed by atoms with Crippen molar-refractivity contribution in [3.63, 3.8) is 0 Å². The van der Waals surface area contributed by atoms with E-state index in [1.54, 1.807) is 0 Å². The van der Waals surface area contributed by atoms with Crippen LogP contribution in [0.3, 0.4) is 0 Å². The number of hydrogen-bond acceptors (Lipinski definition) is 2. The van der Waals surface area contributed by atoms with E-state index < -0.39 is 8.07 Å². The Morgan fingerprint density at radius 3 is 1.56 bits per heavy atom. The fourth-order valence-corrected chi connectivity index (χ4v) is 14.4. The molecule has 0 saturated heterocycles. The lowest BCUT2D eigenvalue weighted by molar-refractivity contribution is 0.488. The number of rotatable bonds is 7. The van der Waals surface area contributed by atoms with Crippen LogP contribution in [0.4, 0.5) is 0 Å². The van der Waals surface area contributed by atoms with Gasteiger partial charge in [0.05, 0.1) is 16.7 Å². The van der Waals surface area contributed by atoms with E-state index in [2.05, 4.69) is 224 Å². The number of hydrogen-bond donors (Lipinski definition) is 1. The molecular weight excluding hydrogens is 750 g/mol. The van der Waals surface area contributed by atoms with Gasteiger partial charge in [0.15, 0.2) is 8.07 Å². The summed E-state index contributed by atoms with van der Waals surface area (Å²) in [6.45, 7) is 0. The monoisotopic (exact) mass is 786 g/mol. The van der Waals surface area contributed by atoms with Crippen LogP contribution in [0.2, 0.25) is 0 Å². The lowest BCUT2D eigenvalue weighted by atomic mass is 9.59. The second kappa shape index (κ2) is 14.5. The molecule has 0 bridgehead atoms. The molecule has 0 fully saturated rings. The Morgan fingerprint density at radius 2 is 0.949 bits per heavy atom. The van der Waals surface area contributed by atoms with Crippen LogP contribution in [-0.2, 0) is 0 Å². The van der Waals surface area contributed by atoms with Gasteiger partial charge in [0.2, 0.25) is 7.28 Å². The number of aromatic nitrogens is 1. The molecule has 1 aromatic heterocycles. The smallest absolute Gasteiger partial charge is 0.202 e. The lowest BCUT2D eigenvalue weighted by Gasteiger charge is -2.35. The number of nitrogens with zero attached hydrogens (tertiary/aromatic N) is 1. The van der Waals surface area contributed by atoms with Crippen molar-refractivity contribution in [3.8, 4) is 39.4 Å². The van der Waals surface area contributed by atoms with Crippen LogP contribution in [0.25, 0.3) is 49.7 Å². The van der Waals surface area contributed by atoms with E-state index in [4.69, 9.17) is 17.4 Å². The second-order valence-corrected chi connectivity index (χ2v) is 19.5. The molecule has 2 nitrogen and oxygen atoms in total. The van der Waals surface area contributed by atoms with E-state index in [0.29, 0.717) is 0 Å². The predicted octanol–water partition coefficient (Wildman–Crippen LogP) is 9.54. The standard InChI is InChI=1S/C54H37BNOSSi/c58-53-31-17-13-27-45(53)46-34-37(42-24-10-14-28-48(42)56-49-29-15-11-25-43(49)44-26-12-16-30-50(44)56)35-52-54(46)55-47-36-41(32-33-51(47)57-52)59(38-18-4-1-5-19-38,39-20-6-2-7-21-39)40-22-8-3-9-23-40/h1-36,58H. The molecule has 0 unspecified atom stereocenters. The number of benzene rings is 9. The van der Waals surface area contributed by atoms with Crippen molar-refractivity contribution >= 4 is 81.5 Å². The average molecular weight is 787 g/mol. The number of ether oxygens (including phenoxy) is 1. The summed E-state index contributed by atoms with van der Waals surface area (Å²) in [5.74, 6) is 1.67. The number of para-hydroxylation sites is 3. The highest BCUT2D eigenvalue weighted by molar-refractivity contribution is 7.80. The van der Waals surface area contributed by atoms with Gasteiger partial charge in [-0.2, -0.15) is 0 Å². The molecule has 59 heavy (non-hydrogen) atoms. The van der Waals surface area contributed by atoms with Gasteiger partial charge in [0, 0.05) is 21.2 Å². The fourth-order valence-electron chi connectivity index (χ4n) is 9.36. The summed E-state index contributed by atoms with van der Waals surface area (Å²) < 4.78 is 9.45. The average Bonchev–Trinajstić information content (AvgIpc) is 3.64. The van der Waals surface area contributed by atoms with Crippen molar-refractivity contribution in [1.29, 1.82) is 0 Å². The van der Waals surface area contributed by atoms with E-state index in [-0.39, 0.29) is 0 Å². The Labute approximate surface area is 351 Å². The topological polar surface area (TPSA) is 14.2 Å². The normalized spacial score (nSPS) is 12.1. The molecular formula is C54H37BNOSSi. The molecule has 1 aliphatic heterocycles. The highest BCUT2D eigenvalue weighted by atomic mass is 32.1. The highest BCUT2D eigenvalue weighted by Gasteiger charge is 2.42. The molecule has 277 valence electrons. The van der Waals surface area contributed by atoms with Crippen LogP contribution < -0.4 is 36.4 Å². The van der Waals surface area contributed by atoms with E-state index in [1.807, 2.05) is 6.07 Å². The first-order valence-corrected chi connectivity index (χ1v) is 22.5. The molecule has 0 N–H and O–H groups in total. The third-order valence-corrected chi connectivity index (χ3v) is 17.1. The van der Waals surface area contributed by atoms with Gasteiger partial charge in [-0.3, -0.25) is 0 Å². The molecule has 0 saturated carbocycles. The molecule has 1 aliphatic rings. The molecule has 2 heterocycles. The molecule has 1 radical (unpaired) electrons. The molecule has 0 atom stereocenters. The third kappa shape index (κ3) is 5.80. The Kier molecular flexibility index (Phi) is 8.72. The minimum Gasteiger partial charge on any atom is -0.458 e. The van der Waals surface area contributed by atoms with Gasteiger partial charge in [-0.25, -0.2) is 0 Å². The van der Waals surface area contributed by atoms with Crippen LogP contribution >= 0.6 is 12.6 Å². The van der Waals surface area contributed by atoms with Crippen LogP contribution in [0.1, 0.15) is 0 Å². The first-order chi connectivity index (χ1) is 29.2. The van der Waals surface area contributed by atoms with Gasteiger partial charge in [-0.15, -0.1) is 12.6 Å². The van der Waals surface area contributed by atoms with Gasteiger partial charge >= 0.3 is 0 Å². The minimum absolute atomic E-state index is 0.823. The molecule has 0 spiro atoms. The van der Waals surface area contributed by atoms with E-state index in [9.17, 15) is 0 Å². The maximum atomic E-state index is 7.05. The zero-order valence-corrected chi connectivity index (χ0v) is 34.1.